The van der Waals surface area contributed by atoms with E-state index in [4.69, 9.17) is 9.47 Å². The predicted octanol–water partition coefficient (Wildman–Crippen LogP) is 1.45. The molecule has 0 aromatic heterocycles. The highest BCUT2D eigenvalue weighted by molar-refractivity contribution is 5.74. The largest absolute Gasteiger partial charge is 0.457 e. The Labute approximate surface area is 125 Å². The van der Waals surface area contributed by atoms with E-state index in [1.165, 1.54) is 12.7 Å². The third kappa shape index (κ3) is 2.14. The van der Waals surface area contributed by atoms with E-state index in [0.29, 0.717) is 6.42 Å². The molecule has 0 saturated carbocycles. The van der Waals surface area contributed by atoms with Crippen molar-refractivity contribution >= 4 is 5.97 Å². The Kier molecular flexibility index (Phi) is 3.62. The van der Waals surface area contributed by atoms with Crippen molar-refractivity contribution in [2.75, 3.05) is 7.11 Å². The molecule has 1 N–H and O–H groups in total. The second-order valence-corrected chi connectivity index (χ2v) is 6.80. The first-order chi connectivity index (χ1) is 9.88. The van der Waals surface area contributed by atoms with Crippen LogP contribution in [0.1, 0.15) is 40.0 Å². The zero-order valence-electron chi connectivity index (χ0n) is 13.2. The molecule has 0 amide bonds. The van der Waals surface area contributed by atoms with Gasteiger partial charge < -0.3 is 14.6 Å². The van der Waals surface area contributed by atoms with E-state index in [2.05, 4.69) is 31.7 Å². The van der Waals surface area contributed by atoms with Crippen LogP contribution < -0.4 is 0 Å². The Hall–Kier alpha value is -0.910. The highest BCUT2D eigenvalue weighted by Gasteiger charge is 2.58. The van der Waals surface area contributed by atoms with Gasteiger partial charge in [0.25, 0.3) is 0 Å². The van der Waals surface area contributed by atoms with Crippen LogP contribution in [-0.2, 0) is 14.3 Å². The third-order valence-electron chi connectivity index (χ3n) is 5.63. The molecule has 0 radical (unpaired) electrons. The van der Waals surface area contributed by atoms with Crippen molar-refractivity contribution in [3.63, 3.8) is 0 Å². The molecular weight excluding hydrogens is 270 g/mol. The van der Waals surface area contributed by atoms with E-state index in [0.717, 1.165) is 12.8 Å². The lowest BCUT2D eigenvalue weighted by Crippen LogP contribution is -2.56. The van der Waals surface area contributed by atoms with E-state index in [-0.39, 0.29) is 30.0 Å². The van der Waals surface area contributed by atoms with E-state index < -0.39 is 11.9 Å². The van der Waals surface area contributed by atoms with Crippen LogP contribution in [-0.4, -0.2) is 53.1 Å². The molecule has 0 aromatic carbocycles. The van der Waals surface area contributed by atoms with Gasteiger partial charge in [0.1, 0.15) is 5.60 Å². The summed E-state index contributed by atoms with van der Waals surface area (Å²) >= 11 is 0. The van der Waals surface area contributed by atoms with Crippen LogP contribution in [0.2, 0.25) is 0 Å². The van der Waals surface area contributed by atoms with E-state index in [9.17, 15) is 9.90 Å². The van der Waals surface area contributed by atoms with Crippen molar-refractivity contribution in [2.24, 2.45) is 5.92 Å². The fraction of sp³-hybridized carbons (Fsp3) is 0.812. The summed E-state index contributed by atoms with van der Waals surface area (Å²) in [6, 6.07) is 0.287. The highest BCUT2D eigenvalue weighted by atomic mass is 16.6. The van der Waals surface area contributed by atoms with Gasteiger partial charge in [-0.2, -0.15) is 0 Å². The van der Waals surface area contributed by atoms with Crippen molar-refractivity contribution in [2.45, 2.75) is 70.1 Å². The number of fused-ring (bicyclic) bond motifs is 3. The number of aliphatic hydroxyl groups excluding tert-OH is 1. The van der Waals surface area contributed by atoms with Crippen LogP contribution in [0.15, 0.2) is 11.6 Å². The number of esters is 1. The van der Waals surface area contributed by atoms with Crippen LogP contribution >= 0.6 is 0 Å². The van der Waals surface area contributed by atoms with Gasteiger partial charge in [0, 0.05) is 19.1 Å². The first-order valence-corrected chi connectivity index (χ1v) is 7.77. The van der Waals surface area contributed by atoms with Gasteiger partial charge in [0.2, 0.25) is 0 Å². The molecule has 0 bridgehead atoms. The Morgan fingerprint density at radius 2 is 2.24 bits per heavy atom. The molecule has 3 heterocycles. The van der Waals surface area contributed by atoms with Crippen molar-refractivity contribution in [3.8, 4) is 0 Å². The highest BCUT2D eigenvalue weighted by Crippen LogP contribution is 2.49. The van der Waals surface area contributed by atoms with Crippen LogP contribution in [0.25, 0.3) is 0 Å². The maximum Gasteiger partial charge on any atom is 0.307 e. The lowest BCUT2D eigenvalue weighted by atomic mass is 9.78. The number of hydrogen-bond acceptors (Lipinski definition) is 5. The fourth-order valence-corrected chi connectivity index (χ4v) is 4.70. The van der Waals surface area contributed by atoms with Crippen LogP contribution in [0.5, 0.6) is 0 Å². The van der Waals surface area contributed by atoms with Crippen LogP contribution in [0.4, 0.5) is 0 Å². The summed E-state index contributed by atoms with van der Waals surface area (Å²) in [4.78, 5) is 14.2. The molecule has 3 rings (SSSR count). The first-order valence-electron chi connectivity index (χ1n) is 7.77. The molecule has 4 unspecified atom stereocenters. The number of methoxy groups -OCH3 is 1. The van der Waals surface area contributed by atoms with Gasteiger partial charge in [-0.05, 0) is 33.6 Å². The summed E-state index contributed by atoms with van der Waals surface area (Å²) < 4.78 is 10.9. The second-order valence-electron chi connectivity index (χ2n) is 6.80. The maximum absolute atomic E-state index is 11.9. The molecular formula is C16H25NO4. The molecule has 2 fully saturated rings. The number of carbonyl (C=O) groups excluding carboxylic acids is 1. The topological polar surface area (TPSA) is 59.0 Å². The molecule has 3 aliphatic rings. The minimum atomic E-state index is -0.802. The van der Waals surface area contributed by atoms with Crippen LogP contribution in [0, 0.1) is 5.92 Å². The number of ether oxygens (including phenoxy) is 2. The van der Waals surface area contributed by atoms with E-state index >= 15 is 0 Å². The van der Waals surface area contributed by atoms with Gasteiger partial charge >= 0.3 is 5.97 Å². The van der Waals surface area contributed by atoms with E-state index in [1.54, 1.807) is 0 Å². The summed E-state index contributed by atoms with van der Waals surface area (Å²) in [5.41, 5.74) is 0.723. The summed E-state index contributed by atoms with van der Waals surface area (Å²) in [6.07, 6.45) is 3.65. The molecule has 0 aliphatic carbocycles. The Balaban J connectivity index is 2.01. The zero-order valence-corrected chi connectivity index (χ0v) is 13.2. The number of aliphatic hydroxyl groups is 1. The van der Waals surface area contributed by atoms with Crippen LogP contribution in [0.3, 0.4) is 0 Å². The zero-order chi connectivity index (χ0) is 15.4. The molecule has 5 nitrogen and oxygen atoms in total. The Morgan fingerprint density at radius 3 is 2.90 bits per heavy atom. The predicted molar refractivity (Wildman–Crippen MR) is 77.5 cm³/mol. The molecule has 21 heavy (non-hydrogen) atoms. The summed E-state index contributed by atoms with van der Waals surface area (Å²) in [6.45, 7) is 6.28. The average Bonchev–Trinajstić information content (AvgIpc) is 2.98. The number of nitrogens with zero attached hydrogens (tertiary/aromatic N) is 1. The van der Waals surface area contributed by atoms with Gasteiger partial charge in [-0.15, -0.1) is 0 Å². The lowest BCUT2D eigenvalue weighted by molar-refractivity contribution is -0.159. The minimum Gasteiger partial charge on any atom is -0.457 e. The molecule has 0 aromatic rings. The Morgan fingerprint density at radius 1 is 1.52 bits per heavy atom. The summed E-state index contributed by atoms with van der Waals surface area (Å²) in [5, 5.41) is 10.2. The standard InChI is InChI=1S/C16H25NO4/c1-9-7-10(2)17-12(15(19)20-4)5-6-13(17)16(3)11(9)8-14(18)21-16/h7,10-13,15,19H,5-6,8H2,1-4H3/t10-,11?,12?,13?,15?,16-/m0/s1. The second kappa shape index (κ2) is 5.07. The molecule has 3 aliphatic heterocycles. The summed E-state index contributed by atoms with van der Waals surface area (Å²) in [5.74, 6) is 0.0291. The normalized spacial score (nSPS) is 44.6. The molecule has 2 saturated heterocycles. The minimum absolute atomic E-state index is 0.0473. The summed E-state index contributed by atoms with van der Waals surface area (Å²) in [7, 11) is 1.53. The van der Waals surface area contributed by atoms with Gasteiger partial charge in [0.05, 0.1) is 18.5 Å². The molecule has 5 heteroatoms. The third-order valence-corrected chi connectivity index (χ3v) is 5.63. The van der Waals surface area contributed by atoms with Gasteiger partial charge in [0.15, 0.2) is 6.29 Å². The smallest absolute Gasteiger partial charge is 0.307 e. The number of carbonyl (C=O) groups is 1. The van der Waals surface area contributed by atoms with Crippen molar-refractivity contribution in [1.82, 2.24) is 4.90 Å². The monoisotopic (exact) mass is 295 g/mol. The maximum atomic E-state index is 11.9. The lowest BCUT2D eigenvalue weighted by Gasteiger charge is -2.42. The van der Waals surface area contributed by atoms with Crippen molar-refractivity contribution in [1.29, 1.82) is 0 Å². The first kappa shape index (κ1) is 15.0. The number of rotatable bonds is 2. The molecule has 0 spiro atoms. The van der Waals surface area contributed by atoms with Crippen molar-refractivity contribution < 1.29 is 19.4 Å². The average molecular weight is 295 g/mol. The fourth-order valence-electron chi connectivity index (χ4n) is 4.70. The molecule has 6 atom stereocenters. The Bertz CT molecular complexity index is 477. The van der Waals surface area contributed by atoms with E-state index in [1.807, 2.05) is 0 Å². The quantitative estimate of drug-likeness (QED) is 0.475. The number of hydrogen-bond donors (Lipinski definition) is 1. The molecule has 118 valence electrons. The SMILES string of the molecule is COC(O)C1CCC2N1[C@@H](C)C=C(C)C1CC(=O)O[C@@]12C. The van der Waals surface area contributed by atoms with Gasteiger partial charge in [-0.1, -0.05) is 11.6 Å². The van der Waals surface area contributed by atoms with Crippen molar-refractivity contribution in [3.05, 3.63) is 11.6 Å². The van der Waals surface area contributed by atoms with Gasteiger partial charge in [-0.3, -0.25) is 9.69 Å². The van der Waals surface area contributed by atoms with Gasteiger partial charge in [-0.25, -0.2) is 0 Å².